The first-order valence-corrected chi connectivity index (χ1v) is 11.4. The smallest absolute Gasteiger partial charge is 0.204 e. The number of nitrogens with one attached hydrogen (secondary N) is 1. The van der Waals surface area contributed by atoms with Crippen LogP contribution in [-0.2, 0) is 0 Å². The second-order valence-electron chi connectivity index (χ2n) is 7.04. The number of para-hydroxylation sites is 1. The lowest BCUT2D eigenvalue weighted by Gasteiger charge is -2.10. The summed E-state index contributed by atoms with van der Waals surface area (Å²) in [7, 11) is 3.17. The van der Waals surface area contributed by atoms with E-state index in [9.17, 15) is 0 Å². The summed E-state index contributed by atoms with van der Waals surface area (Å²) in [5.41, 5.74) is 5.21. The Balaban J connectivity index is 1.67. The first-order chi connectivity index (χ1) is 16.1. The molecule has 2 heterocycles. The van der Waals surface area contributed by atoms with Gasteiger partial charge in [0.15, 0.2) is 17.1 Å². The molecule has 166 valence electrons. The third-order valence-corrected chi connectivity index (χ3v) is 6.44. The average Bonchev–Trinajstić information content (AvgIpc) is 3.25. The van der Waals surface area contributed by atoms with E-state index in [1.807, 2.05) is 48.5 Å². The van der Waals surface area contributed by atoms with E-state index in [-0.39, 0.29) is 0 Å². The quantitative estimate of drug-likeness (QED) is 0.265. The largest absolute Gasteiger partial charge is 0.493 e. The molecular formula is C24H17Cl2N3O3S. The van der Waals surface area contributed by atoms with E-state index >= 15 is 0 Å². The number of benzene rings is 3. The number of methoxy groups -OCH3 is 2. The van der Waals surface area contributed by atoms with Gasteiger partial charge in [-0.15, -0.1) is 0 Å². The molecule has 0 aliphatic heterocycles. The van der Waals surface area contributed by atoms with E-state index in [0.29, 0.717) is 48.8 Å². The van der Waals surface area contributed by atoms with Crippen molar-refractivity contribution in [2.45, 2.75) is 0 Å². The zero-order valence-corrected chi connectivity index (χ0v) is 19.9. The van der Waals surface area contributed by atoms with Gasteiger partial charge in [-0.2, -0.15) is 5.10 Å². The van der Waals surface area contributed by atoms with Crippen LogP contribution in [0.1, 0.15) is 0 Å². The number of ether oxygens (including phenoxy) is 2. The molecule has 33 heavy (non-hydrogen) atoms. The third-order valence-electron chi connectivity index (χ3n) is 5.00. The topological polar surface area (TPSA) is 68.9 Å². The molecule has 0 saturated heterocycles. The van der Waals surface area contributed by atoms with Crippen molar-refractivity contribution >= 4 is 60.9 Å². The van der Waals surface area contributed by atoms with Gasteiger partial charge in [-0.3, -0.25) is 5.43 Å². The normalized spacial score (nSPS) is 11.8. The van der Waals surface area contributed by atoms with E-state index in [0.717, 1.165) is 15.8 Å². The number of halogens is 2. The van der Waals surface area contributed by atoms with E-state index in [4.69, 9.17) is 37.1 Å². The van der Waals surface area contributed by atoms with Crippen molar-refractivity contribution < 1.29 is 13.9 Å². The lowest BCUT2D eigenvalue weighted by atomic mass is 10.1. The number of nitrogens with zero attached hydrogens (tertiary/aromatic N) is 2. The Morgan fingerprint density at radius 2 is 1.79 bits per heavy atom. The van der Waals surface area contributed by atoms with Crippen molar-refractivity contribution in [2.24, 2.45) is 5.10 Å². The van der Waals surface area contributed by atoms with E-state index in [2.05, 4.69) is 15.5 Å². The van der Waals surface area contributed by atoms with Gasteiger partial charge in [0, 0.05) is 22.0 Å². The van der Waals surface area contributed by atoms with Crippen LogP contribution >= 0.6 is 34.5 Å². The van der Waals surface area contributed by atoms with Crippen LogP contribution in [0, 0.1) is 0 Å². The Hall–Kier alpha value is -3.26. The molecule has 9 heteroatoms. The Morgan fingerprint density at radius 1 is 0.970 bits per heavy atom. The summed E-state index contributed by atoms with van der Waals surface area (Å²) in [6.07, 6.45) is 0. The van der Waals surface area contributed by atoms with Crippen molar-refractivity contribution in [1.82, 2.24) is 4.98 Å². The fourth-order valence-corrected chi connectivity index (χ4v) is 4.79. The number of rotatable bonds is 5. The Morgan fingerprint density at radius 3 is 2.58 bits per heavy atom. The van der Waals surface area contributed by atoms with E-state index in [1.54, 1.807) is 26.4 Å². The molecule has 0 atom stereocenters. The number of hydrogen-bond donors (Lipinski definition) is 1. The maximum Gasteiger partial charge on any atom is 0.204 e. The Bertz CT molecular complexity index is 1530. The molecule has 0 radical (unpaired) electrons. The van der Waals surface area contributed by atoms with Gasteiger partial charge < -0.3 is 13.9 Å². The molecule has 0 aliphatic rings. The van der Waals surface area contributed by atoms with Gasteiger partial charge >= 0.3 is 0 Å². The lowest BCUT2D eigenvalue weighted by Crippen LogP contribution is -2.07. The molecule has 0 bridgehead atoms. The number of anilines is 1. The molecule has 0 aliphatic carbocycles. The van der Waals surface area contributed by atoms with Crippen molar-refractivity contribution in [3.63, 3.8) is 0 Å². The van der Waals surface area contributed by atoms with Crippen LogP contribution in [-0.4, -0.2) is 19.2 Å². The van der Waals surface area contributed by atoms with Crippen molar-refractivity contribution in [3.8, 4) is 22.8 Å². The van der Waals surface area contributed by atoms with Crippen molar-refractivity contribution in [2.75, 3.05) is 19.6 Å². The number of aromatic nitrogens is 1. The summed E-state index contributed by atoms with van der Waals surface area (Å²) in [6.45, 7) is 0. The maximum absolute atomic E-state index is 6.48. The minimum Gasteiger partial charge on any atom is -0.493 e. The predicted octanol–water partition coefficient (Wildman–Crippen LogP) is 6.96. The van der Waals surface area contributed by atoms with Crippen molar-refractivity contribution in [3.05, 3.63) is 76.1 Å². The second-order valence-corrected chi connectivity index (χ2v) is 8.91. The lowest BCUT2D eigenvalue weighted by molar-refractivity contribution is 0.355. The Kier molecular flexibility index (Phi) is 5.85. The predicted molar refractivity (Wildman–Crippen MR) is 134 cm³/mol. The van der Waals surface area contributed by atoms with Crippen LogP contribution in [0.25, 0.3) is 32.5 Å². The molecule has 0 amide bonds. The SMILES string of the molecule is COc1ccc(-c2c/c(=N\Nc3nc4ccccc4s3)c3cc(Cl)cc(Cl)c3o2)cc1OC. The highest BCUT2D eigenvalue weighted by atomic mass is 35.5. The van der Waals surface area contributed by atoms with Crippen molar-refractivity contribution in [1.29, 1.82) is 0 Å². The standard InChI is InChI=1S/C24H17Cl2N3O3S/c1-30-19-8-7-13(9-21(19)31-2)20-12-18(15-10-14(25)11-16(26)23(15)32-20)28-29-24-27-17-5-3-4-6-22(17)33-24/h3-12H,1-2H3,(H,27,29)/b28-18+. The van der Waals surface area contributed by atoms with Gasteiger partial charge in [-0.25, -0.2) is 4.98 Å². The summed E-state index contributed by atoms with van der Waals surface area (Å²) in [6, 6.07) is 18.7. The van der Waals surface area contributed by atoms with Gasteiger partial charge in [0.05, 0.1) is 34.8 Å². The molecule has 0 unspecified atom stereocenters. The van der Waals surface area contributed by atoms with Crippen LogP contribution < -0.4 is 20.3 Å². The van der Waals surface area contributed by atoms with Crippen LogP contribution in [0.3, 0.4) is 0 Å². The van der Waals surface area contributed by atoms with Crippen LogP contribution in [0.5, 0.6) is 11.5 Å². The third kappa shape index (κ3) is 4.23. The minimum absolute atomic E-state index is 0.385. The van der Waals surface area contributed by atoms with Gasteiger partial charge in [0.2, 0.25) is 5.13 Å². The molecule has 0 spiro atoms. The molecule has 5 aromatic rings. The van der Waals surface area contributed by atoms with Gasteiger partial charge in [0.1, 0.15) is 5.76 Å². The van der Waals surface area contributed by atoms with Crippen LogP contribution in [0.2, 0.25) is 10.0 Å². The van der Waals surface area contributed by atoms with Gasteiger partial charge in [0.25, 0.3) is 0 Å². The first-order valence-electron chi connectivity index (χ1n) is 9.86. The summed E-state index contributed by atoms with van der Waals surface area (Å²) in [5.74, 6) is 1.75. The first kappa shape index (κ1) is 21.6. The fraction of sp³-hybridized carbons (Fsp3) is 0.0833. The fourth-order valence-electron chi connectivity index (χ4n) is 3.45. The minimum atomic E-state index is 0.385. The molecule has 0 saturated carbocycles. The summed E-state index contributed by atoms with van der Waals surface area (Å²) < 4.78 is 18.0. The van der Waals surface area contributed by atoms with Gasteiger partial charge in [-0.05, 0) is 42.5 Å². The monoisotopic (exact) mass is 497 g/mol. The zero-order chi connectivity index (χ0) is 22.9. The molecule has 1 N–H and O–H groups in total. The number of thiazole rings is 1. The summed E-state index contributed by atoms with van der Waals surface area (Å²) in [5, 5.41) is 7.42. The molecule has 2 aromatic heterocycles. The highest BCUT2D eigenvalue weighted by Crippen LogP contribution is 2.34. The second kappa shape index (κ2) is 8.94. The van der Waals surface area contributed by atoms with Gasteiger partial charge in [-0.1, -0.05) is 46.7 Å². The maximum atomic E-state index is 6.48. The number of hydrogen-bond acceptors (Lipinski definition) is 7. The zero-order valence-electron chi connectivity index (χ0n) is 17.6. The molecule has 6 nitrogen and oxygen atoms in total. The van der Waals surface area contributed by atoms with Crippen LogP contribution in [0.15, 0.2) is 70.2 Å². The molecule has 5 rings (SSSR count). The highest BCUT2D eigenvalue weighted by Gasteiger charge is 2.13. The summed E-state index contributed by atoms with van der Waals surface area (Å²) in [4.78, 5) is 4.57. The summed E-state index contributed by atoms with van der Waals surface area (Å²) >= 11 is 14.3. The average molecular weight is 498 g/mol. The van der Waals surface area contributed by atoms with E-state index in [1.165, 1.54) is 11.3 Å². The molecule has 3 aromatic carbocycles. The molecule has 0 fully saturated rings. The highest BCUT2D eigenvalue weighted by molar-refractivity contribution is 7.22. The molecular weight excluding hydrogens is 481 g/mol. The van der Waals surface area contributed by atoms with E-state index < -0.39 is 0 Å². The number of fused-ring (bicyclic) bond motifs is 2. The Labute approximate surface area is 203 Å². The van der Waals surface area contributed by atoms with Crippen LogP contribution in [0.4, 0.5) is 5.13 Å².